The highest BCUT2D eigenvalue weighted by atomic mass is 16.5. The Kier molecular flexibility index (Phi) is 6.19. The van der Waals surface area contributed by atoms with Crippen LogP contribution < -0.4 is 9.47 Å². The Balaban J connectivity index is 1.55. The number of aryl methyl sites for hydroxylation is 2. The van der Waals surface area contributed by atoms with Crippen LogP contribution in [0.2, 0.25) is 0 Å². The number of rotatable bonds is 8. The van der Waals surface area contributed by atoms with Crippen LogP contribution in [0.1, 0.15) is 23.1 Å². The van der Waals surface area contributed by atoms with E-state index in [-0.39, 0.29) is 18.9 Å². The minimum atomic E-state index is -0.927. The predicted octanol–water partition coefficient (Wildman–Crippen LogP) is 3.19. The molecule has 3 rings (SSSR count). The van der Waals surface area contributed by atoms with Gasteiger partial charge in [0.1, 0.15) is 24.7 Å². The monoisotopic (exact) mass is 383 g/mol. The molecule has 2 aromatic carbocycles. The quantitative estimate of drug-likeness (QED) is 0.709. The molecule has 1 saturated heterocycles. The number of aliphatic carboxylic acids is 1. The lowest BCUT2D eigenvalue weighted by atomic mass is 10.1. The van der Waals surface area contributed by atoms with Gasteiger partial charge in [0.05, 0.1) is 5.92 Å². The average molecular weight is 383 g/mol. The molecule has 1 amide bonds. The fraction of sp³-hybridized carbons (Fsp3) is 0.364. The summed E-state index contributed by atoms with van der Waals surface area (Å²) in [7, 11) is 0. The average Bonchev–Trinajstić information content (AvgIpc) is 3.02. The summed E-state index contributed by atoms with van der Waals surface area (Å²) >= 11 is 0. The molecule has 6 heteroatoms. The molecular weight excluding hydrogens is 358 g/mol. The van der Waals surface area contributed by atoms with E-state index in [9.17, 15) is 9.59 Å². The molecule has 1 N–H and O–H groups in total. The van der Waals surface area contributed by atoms with Crippen molar-refractivity contribution in [1.29, 1.82) is 0 Å². The van der Waals surface area contributed by atoms with Gasteiger partial charge >= 0.3 is 5.97 Å². The molecule has 148 valence electrons. The highest BCUT2D eigenvalue weighted by molar-refractivity contribution is 5.86. The normalized spacial score (nSPS) is 16.3. The number of likely N-dealkylation sites (tertiary alicyclic amines) is 1. The Bertz CT molecular complexity index is 864. The van der Waals surface area contributed by atoms with E-state index in [2.05, 4.69) is 6.07 Å². The number of hydrogen-bond donors (Lipinski definition) is 1. The van der Waals surface area contributed by atoms with E-state index in [4.69, 9.17) is 14.6 Å². The van der Waals surface area contributed by atoms with Gasteiger partial charge in [-0.25, -0.2) is 0 Å². The van der Waals surface area contributed by atoms with Crippen molar-refractivity contribution in [1.82, 2.24) is 4.90 Å². The van der Waals surface area contributed by atoms with Crippen LogP contribution in [0.15, 0.2) is 42.5 Å². The minimum Gasteiger partial charge on any atom is -0.490 e. The number of ether oxygens (including phenoxy) is 2. The van der Waals surface area contributed by atoms with Gasteiger partial charge in [-0.3, -0.25) is 9.59 Å². The Morgan fingerprint density at radius 3 is 2.50 bits per heavy atom. The first-order chi connectivity index (χ1) is 13.4. The topological polar surface area (TPSA) is 76.1 Å². The summed E-state index contributed by atoms with van der Waals surface area (Å²) in [6.07, 6.45) is 0.0576. The predicted molar refractivity (Wildman–Crippen MR) is 105 cm³/mol. The van der Waals surface area contributed by atoms with E-state index >= 15 is 0 Å². The van der Waals surface area contributed by atoms with Gasteiger partial charge in [-0.1, -0.05) is 35.9 Å². The zero-order valence-corrected chi connectivity index (χ0v) is 16.2. The second-order valence-electron chi connectivity index (χ2n) is 7.09. The number of carbonyl (C=O) groups excluding carboxylic acids is 1. The van der Waals surface area contributed by atoms with Gasteiger partial charge in [-0.15, -0.1) is 0 Å². The van der Waals surface area contributed by atoms with Gasteiger partial charge in [-0.2, -0.15) is 0 Å². The van der Waals surface area contributed by atoms with Crippen LogP contribution in [-0.2, 0) is 16.1 Å². The first-order valence-electron chi connectivity index (χ1n) is 9.35. The number of hydrogen-bond acceptors (Lipinski definition) is 4. The van der Waals surface area contributed by atoms with Gasteiger partial charge < -0.3 is 19.5 Å². The van der Waals surface area contributed by atoms with Crippen molar-refractivity contribution in [3.63, 3.8) is 0 Å². The molecule has 1 unspecified atom stereocenters. The molecular formula is C22H25NO5. The lowest BCUT2D eigenvalue weighted by Crippen LogP contribution is -2.26. The van der Waals surface area contributed by atoms with Crippen molar-refractivity contribution >= 4 is 11.9 Å². The molecule has 28 heavy (non-hydrogen) atoms. The van der Waals surface area contributed by atoms with Crippen molar-refractivity contribution in [2.45, 2.75) is 26.8 Å². The van der Waals surface area contributed by atoms with Crippen LogP contribution in [0, 0.1) is 19.8 Å². The van der Waals surface area contributed by atoms with Crippen LogP contribution in [-0.4, -0.2) is 41.6 Å². The number of carboxylic acid groups (broad SMARTS) is 1. The molecule has 1 fully saturated rings. The van der Waals surface area contributed by atoms with Crippen LogP contribution >= 0.6 is 0 Å². The second-order valence-corrected chi connectivity index (χ2v) is 7.09. The fourth-order valence-electron chi connectivity index (χ4n) is 3.34. The summed E-state index contributed by atoms with van der Waals surface area (Å²) in [5.74, 6) is -0.181. The van der Waals surface area contributed by atoms with E-state index in [0.717, 1.165) is 16.9 Å². The molecule has 0 bridgehead atoms. The van der Waals surface area contributed by atoms with Gasteiger partial charge in [0.15, 0.2) is 0 Å². The van der Waals surface area contributed by atoms with Crippen LogP contribution in [0.25, 0.3) is 0 Å². The maximum atomic E-state index is 12.1. The lowest BCUT2D eigenvalue weighted by molar-refractivity contribution is -0.141. The van der Waals surface area contributed by atoms with E-state index < -0.39 is 11.9 Å². The standard InChI is InChI=1S/C22H25NO5/c1-15-7-8-19(16(2)11-15)27-9-10-28-20-6-4-3-5-17(20)13-23-14-18(22(25)26)12-21(23)24/h3-8,11,18H,9-10,12-14H2,1-2H3,(H,25,26). The molecule has 0 radical (unpaired) electrons. The number of amides is 1. The number of nitrogens with zero attached hydrogens (tertiary/aromatic N) is 1. The summed E-state index contributed by atoms with van der Waals surface area (Å²) < 4.78 is 11.7. The zero-order chi connectivity index (χ0) is 20.1. The maximum absolute atomic E-state index is 12.1. The summed E-state index contributed by atoms with van der Waals surface area (Å²) in [5, 5.41) is 9.12. The SMILES string of the molecule is Cc1ccc(OCCOc2ccccc2CN2CC(C(=O)O)CC2=O)c(C)c1. The van der Waals surface area contributed by atoms with Gasteiger partial charge in [0, 0.05) is 25.1 Å². The van der Waals surface area contributed by atoms with Crippen molar-refractivity contribution in [2.24, 2.45) is 5.92 Å². The van der Waals surface area contributed by atoms with E-state index in [1.54, 1.807) is 4.90 Å². The van der Waals surface area contributed by atoms with Crippen LogP contribution in [0.5, 0.6) is 11.5 Å². The fourth-order valence-corrected chi connectivity index (χ4v) is 3.34. The van der Waals surface area contributed by atoms with Gasteiger partial charge in [0.2, 0.25) is 5.91 Å². The molecule has 6 nitrogen and oxygen atoms in total. The first kappa shape index (κ1) is 19.7. The van der Waals surface area contributed by atoms with E-state index in [0.29, 0.717) is 25.5 Å². The number of carbonyl (C=O) groups is 2. The smallest absolute Gasteiger partial charge is 0.308 e. The minimum absolute atomic E-state index is 0.0576. The molecule has 1 atom stereocenters. The third-order valence-electron chi connectivity index (χ3n) is 4.83. The number of carboxylic acids is 1. The maximum Gasteiger partial charge on any atom is 0.308 e. The van der Waals surface area contributed by atoms with E-state index in [1.165, 1.54) is 5.56 Å². The first-order valence-corrected chi connectivity index (χ1v) is 9.35. The molecule has 0 aromatic heterocycles. The summed E-state index contributed by atoms with van der Waals surface area (Å²) in [6.45, 7) is 5.41. The van der Waals surface area contributed by atoms with Crippen molar-refractivity contribution < 1.29 is 24.2 Å². The Morgan fingerprint density at radius 1 is 1.11 bits per heavy atom. The lowest BCUT2D eigenvalue weighted by Gasteiger charge is -2.19. The molecule has 2 aromatic rings. The highest BCUT2D eigenvalue weighted by Gasteiger charge is 2.34. The van der Waals surface area contributed by atoms with Crippen molar-refractivity contribution in [2.75, 3.05) is 19.8 Å². The third kappa shape index (κ3) is 4.82. The largest absolute Gasteiger partial charge is 0.490 e. The second kappa shape index (κ2) is 8.78. The Labute approximate surface area is 164 Å². The zero-order valence-electron chi connectivity index (χ0n) is 16.2. The molecule has 1 heterocycles. The molecule has 1 aliphatic heterocycles. The molecule has 0 spiro atoms. The van der Waals surface area contributed by atoms with Gasteiger partial charge in [0.25, 0.3) is 0 Å². The van der Waals surface area contributed by atoms with Crippen LogP contribution in [0.4, 0.5) is 0 Å². The highest BCUT2D eigenvalue weighted by Crippen LogP contribution is 2.25. The van der Waals surface area contributed by atoms with E-state index in [1.807, 2.05) is 50.2 Å². The Hall–Kier alpha value is -3.02. The Morgan fingerprint density at radius 2 is 1.82 bits per heavy atom. The molecule has 0 aliphatic carbocycles. The van der Waals surface area contributed by atoms with Gasteiger partial charge in [-0.05, 0) is 31.5 Å². The van der Waals surface area contributed by atoms with Crippen molar-refractivity contribution in [3.05, 3.63) is 59.2 Å². The third-order valence-corrected chi connectivity index (χ3v) is 4.83. The summed E-state index contributed by atoms with van der Waals surface area (Å²) in [5.41, 5.74) is 3.13. The van der Waals surface area contributed by atoms with Crippen LogP contribution in [0.3, 0.4) is 0 Å². The number of para-hydroxylation sites is 1. The molecule has 1 aliphatic rings. The summed E-state index contributed by atoms with van der Waals surface area (Å²) in [6, 6.07) is 13.5. The summed E-state index contributed by atoms with van der Waals surface area (Å²) in [4.78, 5) is 24.8. The molecule has 0 saturated carbocycles. The van der Waals surface area contributed by atoms with Crippen molar-refractivity contribution in [3.8, 4) is 11.5 Å². The number of benzene rings is 2.